The van der Waals surface area contributed by atoms with Crippen LogP contribution < -0.4 is 5.32 Å². The zero-order valence-corrected chi connectivity index (χ0v) is 16.3. The van der Waals surface area contributed by atoms with E-state index in [9.17, 15) is 10.1 Å². The molecule has 0 spiro atoms. The van der Waals surface area contributed by atoms with Crippen LogP contribution in [-0.4, -0.2) is 21.1 Å². The number of benzene rings is 1. The quantitative estimate of drug-likeness (QED) is 0.631. The Morgan fingerprint density at radius 2 is 2.04 bits per heavy atom. The van der Waals surface area contributed by atoms with Crippen molar-refractivity contribution in [3.05, 3.63) is 46.4 Å². The average Bonchev–Trinajstić information content (AvgIpc) is 3.43. The average molecular weight is 366 g/mol. The predicted octanol–water partition coefficient (Wildman–Crippen LogP) is 4.27. The smallest absolute Gasteiger partial charge is 0.237 e. The van der Waals surface area contributed by atoms with E-state index in [0.29, 0.717) is 22.2 Å². The molecule has 1 saturated carbocycles. The number of nitrogens with one attached hydrogen (secondary N) is 1. The van der Waals surface area contributed by atoms with E-state index in [2.05, 4.69) is 21.4 Å². The summed E-state index contributed by atoms with van der Waals surface area (Å²) in [5.74, 6) is 1.10. The molecule has 0 unspecified atom stereocenters. The zero-order valence-electron chi connectivity index (χ0n) is 15.5. The van der Waals surface area contributed by atoms with Gasteiger partial charge in [0.1, 0.15) is 22.5 Å². The number of carbonyl (C=O) groups is 1. The highest BCUT2D eigenvalue weighted by Crippen LogP contribution is 2.39. The molecule has 0 radical (unpaired) electrons. The summed E-state index contributed by atoms with van der Waals surface area (Å²) in [4.78, 5) is 21.7. The molecule has 6 heteroatoms. The molecule has 0 bridgehead atoms. The highest BCUT2D eigenvalue weighted by atomic mass is 32.2. The standard InChI is InChI=1S/C20H22N4OS/c1-11-5-6-12(2)17(9-11)23-19(25)14(4)26-20-16(10-21)13(3)22-18(24-20)15-7-8-15/h5-6,9,14-15H,7-8H2,1-4H3,(H,23,25)/t14-/m1/s1. The Morgan fingerprint density at radius 3 is 2.69 bits per heavy atom. The van der Waals surface area contributed by atoms with Gasteiger partial charge in [-0.2, -0.15) is 5.26 Å². The number of thioether (sulfide) groups is 1. The summed E-state index contributed by atoms with van der Waals surface area (Å²) in [6, 6.07) is 8.16. The highest BCUT2D eigenvalue weighted by molar-refractivity contribution is 8.00. The van der Waals surface area contributed by atoms with Gasteiger partial charge in [0.25, 0.3) is 0 Å². The Bertz CT molecular complexity index is 899. The molecule has 1 aromatic carbocycles. The van der Waals surface area contributed by atoms with E-state index in [1.54, 1.807) is 0 Å². The summed E-state index contributed by atoms with van der Waals surface area (Å²) in [6.45, 7) is 7.63. The van der Waals surface area contributed by atoms with Crippen molar-refractivity contribution in [2.45, 2.75) is 56.7 Å². The molecule has 2 aromatic rings. The third-order valence-corrected chi connectivity index (χ3v) is 5.52. The van der Waals surface area contributed by atoms with E-state index >= 15 is 0 Å². The molecule has 0 saturated heterocycles. The minimum Gasteiger partial charge on any atom is -0.325 e. The first kappa shape index (κ1) is 18.4. The molecular weight excluding hydrogens is 344 g/mol. The highest BCUT2D eigenvalue weighted by Gasteiger charge is 2.29. The molecule has 1 N–H and O–H groups in total. The third-order valence-electron chi connectivity index (χ3n) is 4.44. The Balaban J connectivity index is 1.78. The van der Waals surface area contributed by atoms with Crippen molar-refractivity contribution in [1.29, 1.82) is 5.26 Å². The van der Waals surface area contributed by atoms with E-state index in [-0.39, 0.29) is 11.2 Å². The van der Waals surface area contributed by atoms with Crippen molar-refractivity contribution < 1.29 is 4.79 Å². The van der Waals surface area contributed by atoms with Gasteiger partial charge in [-0.3, -0.25) is 4.79 Å². The lowest BCUT2D eigenvalue weighted by molar-refractivity contribution is -0.115. The molecule has 1 amide bonds. The summed E-state index contributed by atoms with van der Waals surface area (Å²) in [7, 11) is 0. The molecule has 0 aliphatic heterocycles. The predicted molar refractivity (Wildman–Crippen MR) is 103 cm³/mol. The minimum absolute atomic E-state index is 0.100. The van der Waals surface area contributed by atoms with Crippen LogP contribution in [0.1, 0.15) is 53.9 Å². The Morgan fingerprint density at radius 1 is 1.31 bits per heavy atom. The second kappa shape index (κ2) is 7.46. The van der Waals surface area contributed by atoms with Crippen LogP contribution in [0.3, 0.4) is 0 Å². The van der Waals surface area contributed by atoms with Crippen molar-refractivity contribution in [1.82, 2.24) is 9.97 Å². The van der Waals surface area contributed by atoms with Crippen molar-refractivity contribution in [2.24, 2.45) is 0 Å². The zero-order chi connectivity index (χ0) is 18.8. The Kier molecular flexibility index (Phi) is 5.28. The van der Waals surface area contributed by atoms with Crippen molar-refractivity contribution in [2.75, 3.05) is 5.32 Å². The lowest BCUT2D eigenvalue weighted by Gasteiger charge is -2.15. The number of carbonyl (C=O) groups excluding carboxylic acids is 1. The second-order valence-corrected chi connectivity index (χ2v) is 8.13. The van der Waals surface area contributed by atoms with Gasteiger partial charge in [0.2, 0.25) is 5.91 Å². The van der Waals surface area contributed by atoms with E-state index in [0.717, 1.165) is 35.5 Å². The summed E-state index contributed by atoms with van der Waals surface area (Å²) in [5.41, 5.74) is 4.09. The van der Waals surface area contributed by atoms with Gasteiger partial charge < -0.3 is 5.32 Å². The molecule has 3 rings (SSSR count). The van der Waals surface area contributed by atoms with Gasteiger partial charge in [-0.15, -0.1) is 0 Å². The molecule has 1 aromatic heterocycles. The van der Waals surface area contributed by atoms with Crippen LogP contribution in [0.5, 0.6) is 0 Å². The van der Waals surface area contributed by atoms with Crippen molar-refractivity contribution in [3.8, 4) is 6.07 Å². The monoisotopic (exact) mass is 366 g/mol. The SMILES string of the molecule is Cc1ccc(C)c(NC(=O)[C@@H](C)Sc2nc(C3CC3)nc(C)c2C#N)c1. The fraction of sp³-hybridized carbons (Fsp3) is 0.400. The van der Waals surface area contributed by atoms with E-state index in [1.165, 1.54) is 11.8 Å². The molecule has 134 valence electrons. The van der Waals surface area contributed by atoms with Gasteiger partial charge >= 0.3 is 0 Å². The first-order valence-corrected chi connectivity index (χ1v) is 9.60. The molecule has 1 fully saturated rings. The first-order chi connectivity index (χ1) is 12.4. The van der Waals surface area contributed by atoms with Gasteiger partial charge in [0.15, 0.2) is 0 Å². The number of hydrogen-bond acceptors (Lipinski definition) is 5. The number of amides is 1. The maximum atomic E-state index is 12.6. The number of nitrogens with zero attached hydrogens (tertiary/aromatic N) is 3. The van der Waals surface area contributed by atoms with Gasteiger partial charge in [0.05, 0.1) is 10.9 Å². The molecule has 26 heavy (non-hydrogen) atoms. The lowest BCUT2D eigenvalue weighted by Crippen LogP contribution is -2.23. The summed E-state index contributed by atoms with van der Waals surface area (Å²) in [5, 5.41) is 12.7. The molecule has 1 aliphatic rings. The van der Waals surface area contributed by atoms with Crippen LogP contribution in [0.2, 0.25) is 0 Å². The van der Waals surface area contributed by atoms with Crippen LogP contribution in [0.15, 0.2) is 23.2 Å². The lowest BCUT2D eigenvalue weighted by atomic mass is 10.1. The fourth-order valence-corrected chi connectivity index (χ4v) is 3.59. The van der Waals surface area contributed by atoms with Crippen LogP contribution >= 0.6 is 11.8 Å². The number of nitriles is 1. The van der Waals surface area contributed by atoms with E-state index in [1.807, 2.05) is 45.9 Å². The van der Waals surface area contributed by atoms with E-state index in [4.69, 9.17) is 0 Å². The summed E-state index contributed by atoms with van der Waals surface area (Å²) < 4.78 is 0. The van der Waals surface area contributed by atoms with Crippen molar-refractivity contribution in [3.63, 3.8) is 0 Å². The van der Waals surface area contributed by atoms with Crippen LogP contribution in [-0.2, 0) is 4.79 Å². The maximum Gasteiger partial charge on any atom is 0.237 e. The Labute approximate surface area is 158 Å². The third kappa shape index (κ3) is 4.05. The Hall–Kier alpha value is -2.39. The maximum absolute atomic E-state index is 12.6. The first-order valence-electron chi connectivity index (χ1n) is 8.72. The number of hydrogen-bond donors (Lipinski definition) is 1. The van der Waals surface area contributed by atoms with Gasteiger partial charge in [-0.1, -0.05) is 23.9 Å². The van der Waals surface area contributed by atoms with Crippen LogP contribution in [0.4, 0.5) is 5.69 Å². The number of aromatic nitrogens is 2. The van der Waals surface area contributed by atoms with Crippen LogP contribution in [0, 0.1) is 32.1 Å². The normalized spacial score (nSPS) is 14.6. The molecule has 5 nitrogen and oxygen atoms in total. The van der Waals surface area contributed by atoms with Gasteiger partial charge in [-0.05, 0) is 57.7 Å². The molecular formula is C20H22N4OS. The van der Waals surface area contributed by atoms with Crippen LogP contribution in [0.25, 0.3) is 0 Å². The molecule has 1 heterocycles. The fourth-order valence-electron chi connectivity index (χ4n) is 2.63. The molecule has 1 aliphatic carbocycles. The van der Waals surface area contributed by atoms with E-state index < -0.39 is 0 Å². The summed E-state index contributed by atoms with van der Waals surface area (Å²) in [6.07, 6.45) is 2.19. The number of aryl methyl sites for hydroxylation is 3. The largest absolute Gasteiger partial charge is 0.325 e. The van der Waals surface area contributed by atoms with Gasteiger partial charge in [-0.25, -0.2) is 9.97 Å². The number of rotatable bonds is 5. The second-order valence-electron chi connectivity index (χ2n) is 6.80. The molecule has 1 atom stereocenters. The topological polar surface area (TPSA) is 78.7 Å². The van der Waals surface area contributed by atoms with Crippen molar-refractivity contribution >= 4 is 23.4 Å². The van der Waals surface area contributed by atoms with Gasteiger partial charge in [0, 0.05) is 11.6 Å². The number of anilines is 1. The minimum atomic E-state index is -0.372. The summed E-state index contributed by atoms with van der Waals surface area (Å²) >= 11 is 1.32.